The van der Waals surface area contributed by atoms with Crippen LogP contribution in [0.25, 0.3) is 44.3 Å². The van der Waals surface area contributed by atoms with Crippen LogP contribution in [0, 0.1) is 0 Å². The van der Waals surface area contributed by atoms with E-state index < -0.39 is 0 Å². The minimum Gasteiger partial charge on any atom is -0.306 e. The van der Waals surface area contributed by atoms with E-state index in [2.05, 4.69) is 15.2 Å². The number of H-pyrrole nitrogens is 2. The second-order valence-electron chi connectivity index (χ2n) is 8.57. The molecule has 0 saturated carbocycles. The summed E-state index contributed by atoms with van der Waals surface area (Å²) < 4.78 is 0. The summed E-state index contributed by atoms with van der Waals surface area (Å²) in [4.78, 5) is 33.4. The molecule has 6 aromatic rings. The van der Waals surface area contributed by atoms with Gasteiger partial charge in [0.15, 0.2) is 5.78 Å². The minimum absolute atomic E-state index is 0.00212. The smallest absolute Gasteiger partial charge is 0.253 e. The zero-order valence-electron chi connectivity index (χ0n) is 19.0. The van der Waals surface area contributed by atoms with Gasteiger partial charge in [0.1, 0.15) is 5.65 Å². The molecule has 6 rings (SSSR count). The summed E-state index contributed by atoms with van der Waals surface area (Å²) in [5.41, 5.74) is 5.19. The van der Waals surface area contributed by atoms with E-state index >= 15 is 0 Å². The number of nitrogens with zero attached hydrogens (tertiary/aromatic N) is 2. The lowest BCUT2D eigenvalue weighted by molar-refractivity contribution is 0.0992. The van der Waals surface area contributed by atoms with Gasteiger partial charge in [-0.1, -0.05) is 72.3 Å². The average molecular weight is 491 g/mol. The van der Waals surface area contributed by atoms with Crippen LogP contribution in [0.15, 0.2) is 95.9 Å². The lowest BCUT2D eigenvalue weighted by atomic mass is 9.96. The number of benzene rings is 3. The number of aromatic amines is 2. The highest BCUT2D eigenvalue weighted by atomic mass is 35.5. The molecule has 174 valence electrons. The van der Waals surface area contributed by atoms with Crippen LogP contribution in [-0.2, 0) is 6.42 Å². The van der Waals surface area contributed by atoms with E-state index in [4.69, 9.17) is 16.6 Å². The maximum atomic E-state index is 12.9. The van der Waals surface area contributed by atoms with E-state index in [-0.39, 0.29) is 17.8 Å². The lowest BCUT2D eigenvalue weighted by Crippen LogP contribution is -2.17. The highest BCUT2D eigenvalue weighted by Gasteiger charge is 2.17. The molecule has 0 aliphatic heterocycles. The Morgan fingerprint density at radius 3 is 2.39 bits per heavy atom. The van der Waals surface area contributed by atoms with E-state index in [1.807, 2.05) is 54.6 Å². The summed E-state index contributed by atoms with van der Waals surface area (Å²) in [7, 11) is 0. The first-order chi connectivity index (χ1) is 17.6. The van der Waals surface area contributed by atoms with Crippen LogP contribution < -0.4 is 5.56 Å². The summed E-state index contributed by atoms with van der Waals surface area (Å²) in [5, 5.41) is 9.18. The molecular formula is C29H19ClN4O2. The van der Waals surface area contributed by atoms with Crippen LogP contribution in [0.5, 0.6) is 0 Å². The standard InChI is InChI=1S/C29H19ClN4O2/c30-24-14-19(11-22-16-31-34-27(22)24)23-13-20-12-21(15-25(35)17-7-3-1-4-8-17)29(36)33-28(20)32-26(23)18-9-5-2-6-10-18/h1-14,16H,15H2,(H,31,34)(H,32,33,36). The van der Waals surface area contributed by atoms with Gasteiger partial charge in [-0.15, -0.1) is 0 Å². The maximum Gasteiger partial charge on any atom is 0.253 e. The second kappa shape index (κ2) is 8.91. The second-order valence-corrected chi connectivity index (χ2v) is 8.98. The van der Waals surface area contributed by atoms with E-state index in [0.29, 0.717) is 27.5 Å². The molecule has 3 aromatic heterocycles. The van der Waals surface area contributed by atoms with Gasteiger partial charge >= 0.3 is 0 Å². The fourth-order valence-corrected chi connectivity index (χ4v) is 4.69. The largest absolute Gasteiger partial charge is 0.306 e. The van der Waals surface area contributed by atoms with Crippen LogP contribution in [0.1, 0.15) is 15.9 Å². The number of carbonyl (C=O) groups excluding carboxylic acids is 1. The number of aromatic nitrogens is 4. The van der Waals surface area contributed by atoms with E-state index in [1.165, 1.54) is 0 Å². The van der Waals surface area contributed by atoms with E-state index in [0.717, 1.165) is 33.0 Å². The number of ketones is 1. The first-order valence-electron chi connectivity index (χ1n) is 11.4. The molecule has 0 atom stereocenters. The molecule has 6 nitrogen and oxygen atoms in total. The molecule has 0 aliphatic rings. The number of fused-ring (bicyclic) bond motifs is 2. The summed E-state index contributed by atoms with van der Waals surface area (Å²) in [6.07, 6.45) is 1.73. The summed E-state index contributed by atoms with van der Waals surface area (Å²) in [6.45, 7) is 0. The maximum absolute atomic E-state index is 12.9. The lowest BCUT2D eigenvalue weighted by Gasteiger charge is -2.13. The van der Waals surface area contributed by atoms with Crippen molar-refractivity contribution < 1.29 is 4.79 Å². The molecular weight excluding hydrogens is 472 g/mol. The van der Waals surface area contributed by atoms with Gasteiger partial charge in [-0.2, -0.15) is 5.10 Å². The normalized spacial score (nSPS) is 11.2. The Morgan fingerprint density at radius 1 is 0.861 bits per heavy atom. The zero-order valence-corrected chi connectivity index (χ0v) is 19.7. The number of nitrogens with one attached hydrogen (secondary N) is 2. The fraction of sp³-hybridized carbons (Fsp3) is 0.0345. The van der Waals surface area contributed by atoms with Crippen molar-refractivity contribution >= 4 is 39.3 Å². The number of halogens is 1. The molecule has 0 amide bonds. The number of carbonyl (C=O) groups is 1. The van der Waals surface area contributed by atoms with Gasteiger partial charge in [-0.05, 0) is 29.8 Å². The van der Waals surface area contributed by atoms with Crippen LogP contribution in [0.3, 0.4) is 0 Å². The van der Waals surface area contributed by atoms with Crippen molar-refractivity contribution in [2.24, 2.45) is 0 Å². The van der Waals surface area contributed by atoms with Crippen LogP contribution in [0.4, 0.5) is 0 Å². The SMILES string of the molecule is O=C(Cc1cc2cc(-c3cc(Cl)c4[nH]ncc4c3)c(-c3ccccc3)nc2[nH]c1=O)c1ccccc1. The van der Waals surface area contributed by atoms with Gasteiger partial charge in [0.2, 0.25) is 0 Å². The predicted octanol–water partition coefficient (Wildman–Crippen LogP) is 6.21. The van der Waals surface area contributed by atoms with Gasteiger partial charge in [0.05, 0.1) is 22.4 Å². The Morgan fingerprint density at radius 2 is 1.61 bits per heavy atom. The minimum atomic E-state index is -0.325. The van der Waals surface area contributed by atoms with Gasteiger partial charge in [-0.3, -0.25) is 14.7 Å². The summed E-state index contributed by atoms with van der Waals surface area (Å²) in [6, 6.07) is 26.3. The third-order valence-electron chi connectivity index (χ3n) is 6.21. The Kier molecular flexibility index (Phi) is 5.43. The molecule has 36 heavy (non-hydrogen) atoms. The molecule has 0 bridgehead atoms. The van der Waals surface area contributed by atoms with Crippen molar-refractivity contribution in [2.75, 3.05) is 0 Å². The van der Waals surface area contributed by atoms with Crippen LogP contribution >= 0.6 is 11.6 Å². The molecule has 2 N–H and O–H groups in total. The van der Waals surface area contributed by atoms with Crippen molar-refractivity contribution in [1.29, 1.82) is 0 Å². The van der Waals surface area contributed by atoms with Crippen LogP contribution in [0.2, 0.25) is 5.02 Å². The number of pyridine rings is 2. The molecule has 7 heteroatoms. The first kappa shape index (κ1) is 21.9. The third-order valence-corrected chi connectivity index (χ3v) is 6.51. The van der Waals surface area contributed by atoms with Crippen molar-refractivity contribution in [3.63, 3.8) is 0 Å². The monoisotopic (exact) mass is 490 g/mol. The number of hydrogen-bond donors (Lipinski definition) is 2. The highest BCUT2D eigenvalue weighted by molar-refractivity contribution is 6.35. The van der Waals surface area contributed by atoms with Crippen molar-refractivity contribution in [1.82, 2.24) is 20.2 Å². The van der Waals surface area contributed by atoms with Gasteiger partial charge < -0.3 is 4.98 Å². The number of Topliss-reactive ketones (excluding diaryl/α,β-unsaturated/α-hetero) is 1. The number of hydrogen-bond acceptors (Lipinski definition) is 4. The Balaban J connectivity index is 1.53. The average Bonchev–Trinajstić information content (AvgIpc) is 3.39. The number of rotatable bonds is 5. The zero-order chi connectivity index (χ0) is 24.6. The van der Waals surface area contributed by atoms with Gasteiger partial charge in [-0.25, -0.2) is 4.98 Å². The fourth-order valence-electron chi connectivity index (χ4n) is 4.42. The molecule has 0 fully saturated rings. The van der Waals surface area contributed by atoms with E-state index in [9.17, 15) is 9.59 Å². The van der Waals surface area contributed by atoms with Gasteiger partial charge in [0.25, 0.3) is 5.56 Å². The van der Waals surface area contributed by atoms with Crippen LogP contribution in [-0.4, -0.2) is 25.9 Å². The van der Waals surface area contributed by atoms with E-state index in [1.54, 1.807) is 36.5 Å². The molecule has 3 aromatic carbocycles. The summed E-state index contributed by atoms with van der Waals surface area (Å²) in [5.74, 6) is -0.119. The van der Waals surface area contributed by atoms with Crippen molar-refractivity contribution in [3.8, 4) is 22.4 Å². The molecule has 3 heterocycles. The molecule has 0 aliphatic carbocycles. The topological polar surface area (TPSA) is 91.5 Å². The Hall–Kier alpha value is -4.55. The molecule has 0 spiro atoms. The Bertz CT molecular complexity index is 1810. The molecule has 0 unspecified atom stereocenters. The molecule has 0 radical (unpaired) electrons. The van der Waals surface area contributed by atoms with Crippen molar-refractivity contribution in [3.05, 3.63) is 118 Å². The molecule has 0 saturated heterocycles. The predicted molar refractivity (Wildman–Crippen MR) is 142 cm³/mol. The van der Waals surface area contributed by atoms with Crippen molar-refractivity contribution in [2.45, 2.75) is 6.42 Å². The summed E-state index contributed by atoms with van der Waals surface area (Å²) >= 11 is 6.55. The highest BCUT2D eigenvalue weighted by Crippen LogP contribution is 2.36. The third kappa shape index (κ3) is 3.97. The quantitative estimate of drug-likeness (QED) is 0.281. The first-order valence-corrected chi connectivity index (χ1v) is 11.8. The Labute approximate surface area is 210 Å². The van der Waals surface area contributed by atoms with Gasteiger partial charge in [0, 0.05) is 39.4 Å².